The van der Waals surface area contributed by atoms with Gasteiger partial charge >= 0.3 is 5.97 Å². The van der Waals surface area contributed by atoms with E-state index in [9.17, 15) is 14.7 Å². The summed E-state index contributed by atoms with van der Waals surface area (Å²) in [5.74, 6) is 0.188. The molecule has 0 bridgehead atoms. The number of nitrogens with zero attached hydrogens (tertiary/aromatic N) is 1. The van der Waals surface area contributed by atoms with Gasteiger partial charge in [0.15, 0.2) is 0 Å². The molecule has 2 fully saturated rings. The van der Waals surface area contributed by atoms with Gasteiger partial charge in [-0.2, -0.15) is 0 Å². The van der Waals surface area contributed by atoms with Gasteiger partial charge in [0.05, 0.1) is 19.1 Å². The second kappa shape index (κ2) is 6.74. The first-order chi connectivity index (χ1) is 11.1. The van der Waals surface area contributed by atoms with Crippen LogP contribution in [-0.2, 0) is 14.3 Å². The highest BCUT2D eigenvalue weighted by Gasteiger charge is 2.37. The Balaban J connectivity index is 1.74. The number of morpholine rings is 1. The lowest BCUT2D eigenvalue weighted by Crippen LogP contribution is -2.47. The van der Waals surface area contributed by atoms with E-state index >= 15 is 0 Å². The van der Waals surface area contributed by atoms with Gasteiger partial charge in [0.25, 0.3) is 0 Å². The fourth-order valence-corrected chi connectivity index (χ4v) is 3.61. The van der Waals surface area contributed by atoms with Gasteiger partial charge in [-0.25, -0.2) is 0 Å². The van der Waals surface area contributed by atoms with Crippen LogP contribution in [0.15, 0.2) is 16.5 Å². The van der Waals surface area contributed by atoms with Crippen molar-refractivity contribution in [2.75, 3.05) is 19.8 Å². The monoisotopic (exact) mass is 321 g/mol. The molecule has 6 heteroatoms. The molecule has 2 heterocycles. The number of rotatable bonds is 3. The fourth-order valence-electron chi connectivity index (χ4n) is 3.61. The molecule has 1 saturated carbocycles. The third-order valence-corrected chi connectivity index (χ3v) is 4.87. The van der Waals surface area contributed by atoms with Crippen LogP contribution in [0.2, 0.25) is 0 Å². The van der Waals surface area contributed by atoms with Gasteiger partial charge in [-0.05, 0) is 38.3 Å². The maximum absolute atomic E-state index is 12.9. The van der Waals surface area contributed by atoms with E-state index in [1.807, 2.05) is 24.0 Å². The first-order valence-corrected chi connectivity index (χ1v) is 8.23. The van der Waals surface area contributed by atoms with Crippen molar-refractivity contribution in [3.63, 3.8) is 0 Å². The SMILES string of the molecule is Cc1ccc(C2COCCN2C(=O)C2CCCC(C(=O)O)C2)o1. The van der Waals surface area contributed by atoms with Crippen LogP contribution < -0.4 is 0 Å². The fraction of sp³-hybridized carbons (Fsp3) is 0.647. The minimum Gasteiger partial charge on any atom is -0.481 e. The van der Waals surface area contributed by atoms with Crippen LogP contribution in [0.5, 0.6) is 0 Å². The van der Waals surface area contributed by atoms with Crippen LogP contribution >= 0.6 is 0 Å². The van der Waals surface area contributed by atoms with Crippen molar-refractivity contribution >= 4 is 11.9 Å². The first kappa shape index (κ1) is 16.1. The molecule has 1 amide bonds. The Morgan fingerprint density at radius 3 is 2.74 bits per heavy atom. The smallest absolute Gasteiger partial charge is 0.306 e. The maximum Gasteiger partial charge on any atom is 0.306 e. The average molecular weight is 321 g/mol. The summed E-state index contributed by atoms with van der Waals surface area (Å²) in [5, 5.41) is 9.22. The molecule has 1 N–H and O–H groups in total. The number of carboxylic acid groups (broad SMARTS) is 1. The number of carbonyl (C=O) groups is 2. The molecule has 0 radical (unpaired) electrons. The molecule has 0 spiro atoms. The van der Waals surface area contributed by atoms with Crippen LogP contribution in [0.25, 0.3) is 0 Å². The van der Waals surface area contributed by atoms with E-state index in [-0.39, 0.29) is 17.9 Å². The number of hydrogen-bond donors (Lipinski definition) is 1. The zero-order valence-electron chi connectivity index (χ0n) is 13.4. The summed E-state index contributed by atoms with van der Waals surface area (Å²) in [6.45, 7) is 3.33. The van der Waals surface area contributed by atoms with Gasteiger partial charge in [-0.3, -0.25) is 9.59 Å². The van der Waals surface area contributed by atoms with Crippen LogP contribution in [0, 0.1) is 18.8 Å². The summed E-state index contributed by atoms with van der Waals surface area (Å²) in [4.78, 5) is 26.0. The Morgan fingerprint density at radius 2 is 2.04 bits per heavy atom. The highest BCUT2D eigenvalue weighted by atomic mass is 16.5. The molecule has 3 rings (SSSR count). The van der Waals surface area contributed by atoms with Crippen molar-refractivity contribution in [1.82, 2.24) is 4.90 Å². The highest BCUT2D eigenvalue weighted by Crippen LogP contribution is 2.34. The molecule has 1 saturated heterocycles. The largest absolute Gasteiger partial charge is 0.481 e. The normalized spacial score (nSPS) is 28.6. The Hall–Kier alpha value is -1.82. The summed E-state index contributed by atoms with van der Waals surface area (Å²) in [6, 6.07) is 3.55. The number of aryl methyl sites for hydroxylation is 1. The Labute approximate surface area is 135 Å². The molecular weight excluding hydrogens is 298 g/mol. The molecule has 6 nitrogen and oxygen atoms in total. The summed E-state index contributed by atoms with van der Waals surface area (Å²) in [6.07, 6.45) is 2.67. The Morgan fingerprint density at radius 1 is 1.26 bits per heavy atom. The predicted octanol–water partition coefficient (Wildman–Crippen LogP) is 2.38. The molecule has 1 aliphatic heterocycles. The van der Waals surface area contributed by atoms with Crippen LogP contribution in [0.1, 0.15) is 43.2 Å². The van der Waals surface area contributed by atoms with E-state index in [1.54, 1.807) is 0 Å². The summed E-state index contributed by atoms with van der Waals surface area (Å²) in [5.41, 5.74) is 0. The topological polar surface area (TPSA) is 80.0 Å². The summed E-state index contributed by atoms with van der Waals surface area (Å²) < 4.78 is 11.2. The molecule has 1 aromatic heterocycles. The van der Waals surface area contributed by atoms with E-state index in [0.29, 0.717) is 32.6 Å². The van der Waals surface area contributed by atoms with Gasteiger partial charge in [0.2, 0.25) is 5.91 Å². The first-order valence-electron chi connectivity index (χ1n) is 8.23. The molecule has 3 atom stereocenters. The number of hydrogen-bond acceptors (Lipinski definition) is 4. The van der Waals surface area contributed by atoms with E-state index in [1.165, 1.54) is 0 Å². The predicted molar refractivity (Wildman–Crippen MR) is 81.8 cm³/mol. The zero-order chi connectivity index (χ0) is 16.4. The number of furan rings is 1. The Bertz CT molecular complexity index is 581. The third-order valence-electron chi connectivity index (χ3n) is 4.87. The molecule has 2 aliphatic rings. The number of ether oxygens (including phenoxy) is 1. The minimum atomic E-state index is -0.789. The van der Waals surface area contributed by atoms with Crippen molar-refractivity contribution in [3.05, 3.63) is 23.7 Å². The number of amides is 1. The van der Waals surface area contributed by atoms with E-state index in [4.69, 9.17) is 9.15 Å². The lowest BCUT2D eigenvalue weighted by molar-refractivity contribution is -0.150. The highest BCUT2D eigenvalue weighted by molar-refractivity contribution is 5.80. The van der Waals surface area contributed by atoms with Crippen LogP contribution in [0.3, 0.4) is 0 Å². The van der Waals surface area contributed by atoms with E-state index < -0.39 is 11.9 Å². The van der Waals surface area contributed by atoms with Crippen molar-refractivity contribution < 1.29 is 23.8 Å². The second-order valence-corrected chi connectivity index (χ2v) is 6.47. The summed E-state index contributed by atoms with van der Waals surface area (Å²) in [7, 11) is 0. The number of carboxylic acids is 1. The van der Waals surface area contributed by atoms with E-state index in [0.717, 1.165) is 24.4 Å². The quantitative estimate of drug-likeness (QED) is 0.924. The molecule has 23 heavy (non-hydrogen) atoms. The maximum atomic E-state index is 12.9. The van der Waals surface area contributed by atoms with Crippen molar-refractivity contribution in [3.8, 4) is 0 Å². The average Bonchev–Trinajstić information content (AvgIpc) is 3.00. The lowest BCUT2D eigenvalue weighted by atomic mass is 9.80. The van der Waals surface area contributed by atoms with Crippen LogP contribution in [0.4, 0.5) is 0 Å². The molecule has 1 aliphatic carbocycles. The molecule has 3 unspecified atom stereocenters. The molecule has 126 valence electrons. The van der Waals surface area contributed by atoms with Gasteiger partial charge in [0.1, 0.15) is 17.6 Å². The van der Waals surface area contributed by atoms with Crippen molar-refractivity contribution in [1.29, 1.82) is 0 Å². The van der Waals surface area contributed by atoms with Crippen molar-refractivity contribution in [2.24, 2.45) is 11.8 Å². The van der Waals surface area contributed by atoms with Crippen LogP contribution in [-0.4, -0.2) is 41.6 Å². The lowest BCUT2D eigenvalue weighted by Gasteiger charge is -2.38. The molecular formula is C17H23NO5. The number of carbonyl (C=O) groups excluding carboxylic acids is 1. The minimum absolute atomic E-state index is 0.0401. The second-order valence-electron chi connectivity index (χ2n) is 6.47. The van der Waals surface area contributed by atoms with Gasteiger partial charge in [-0.1, -0.05) is 6.42 Å². The standard InChI is InChI=1S/C17H23NO5/c1-11-5-6-15(23-11)14-10-22-8-7-18(14)16(19)12-3-2-4-13(9-12)17(20)21/h5-6,12-14H,2-4,7-10H2,1H3,(H,20,21). The summed E-state index contributed by atoms with van der Waals surface area (Å²) >= 11 is 0. The molecule has 1 aromatic rings. The third kappa shape index (κ3) is 3.42. The number of aliphatic carboxylic acids is 1. The molecule has 0 aromatic carbocycles. The Kier molecular flexibility index (Phi) is 4.71. The zero-order valence-corrected chi connectivity index (χ0v) is 13.4. The van der Waals surface area contributed by atoms with Gasteiger partial charge < -0.3 is 19.2 Å². The van der Waals surface area contributed by atoms with Crippen molar-refractivity contribution in [2.45, 2.75) is 38.6 Å². The van der Waals surface area contributed by atoms with Gasteiger partial charge in [0, 0.05) is 12.5 Å². The van der Waals surface area contributed by atoms with Gasteiger partial charge in [-0.15, -0.1) is 0 Å². The van der Waals surface area contributed by atoms with E-state index in [2.05, 4.69) is 0 Å².